The first-order valence-electron chi connectivity index (χ1n) is 3.37. The minimum atomic E-state index is -1.46. The number of rotatable bonds is 0. The van der Waals surface area contributed by atoms with E-state index in [1.165, 1.54) is 0 Å². The molecule has 4 N–H and O–H groups in total. The third kappa shape index (κ3) is 2.30. The number of aliphatic hydroxyl groups is 3. The van der Waals surface area contributed by atoms with Gasteiger partial charge in [-0.2, -0.15) is 0 Å². The van der Waals surface area contributed by atoms with Crippen LogP contribution in [-0.2, 0) is 0 Å². The van der Waals surface area contributed by atoms with Crippen molar-refractivity contribution in [2.75, 3.05) is 6.61 Å². The van der Waals surface area contributed by atoms with E-state index < -0.39 is 5.97 Å². The minimum Gasteiger partial charge on any atom is -0.352 e. The summed E-state index contributed by atoms with van der Waals surface area (Å²) in [6, 6.07) is 0. The molecular weight excluding hydrogens is 120 g/mol. The molecule has 0 amide bonds. The van der Waals surface area contributed by atoms with Crippen molar-refractivity contribution in [2.45, 2.75) is 31.7 Å². The van der Waals surface area contributed by atoms with Crippen LogP contribution < -0.4 is 0 Å². The van der Waals surface area contributed by atoms with E-state index in [0.717, 1.165) is 19.3 Å². The SMILES string of the molecule is OC1([OH2+])CCCCC[OH+]1. The highest BCUT2D eigenvalue weighted by molar-refractivity contribution is 4.55. The summed E-state index contributed by atoms with van der Waals surface area (Å²) in [5.41, 5.74) is 0. The maximum atomic E-state index is 9.05. The average Bonchev–Trinajstić information content (AvgIpc) is 1.92. The molecule has 9 heavy (non-hydrogen) atoms. The number of ether oxygens (including phenoxy) is 1. The average molecular weight is 134 g/mol. The molecule has 3 nitrogen and oxygen atoms in total. The zero-order valence-corrected chi connectivity index (χ0v) is 5.43. The van der Waals surface area contributed by atoms with Crippen molar-refractivity contribution in [1.82, 2.24) is 0 Å². The highest BCUT2D eigenvalue weighted by Gasteiger charge is 2.36. The van der Waals surface area contributed by atoms with E-state index in [-0.39, 0.29) is 0 Å². The summed E-state index contributed by atoms with van der Waals surface area (Å²) >= 11 is 0. The van der Waals surface area contributed by atoms with Crippen molar-refractivity contribution in [3.05, 3.63) is 0 Å². The van der Waals surface area contributed by atoms with Gasteiger partial charge in [-0.1, -0.05) is 0 Å². The van der Waals surface area contributed by atoms with Crippen LogP contribution in [0, 0.1) is 0 Å². The van der Waals surface area contributed by atoms with Gasteiger partial charge in [-0.15, -0.1) is 0 Å². The van der Waals surface area contributed by atoms with Gasteiger partial charge >= 0.3 is 5.97 Å². The highest BCUT2D eigenvalue weighted by Crippen LogP contribution is 2.15. The van der Waals surface area contributed by atoms with Crippen molar-refractivity contribution < 1.29 is 14.9 Å². The van der Waals surface area contributed by atoms with E-state index >= 15 is 0 Å². The van der Waals surface area contributed by atoms with Crippen LogP contribution in [0.4, 0.5) is 0 Å². The van der Waals surface area contributed by atoms with E-state index in [2.05, 4.69) is 4.74 Å². The van der Waals surface area contributed by atoms with Crippen LogP contribution in [0.3, 0.4) is 0 Å². The van der Waals surface area contributed by atoms with Crippen LogP contribution in [-0.4, -0.2) is 27.5 Å². The topological polar surface area (TPSA) is 55.9 Å². The molecule has 1 saturated heterocycles. The summed E-state index contributed by atoms with van der Waals surface area (Å²) in [6.07, 6.45) is 3.57. The van der Waals surface area contributed by atoms with Crippen molar-refractivity contribution in [1.29, 1.82) is 0 Å². The number of hydrogen-bond donors (Lipinski definition) is 1. The Morgan fingerprint density at radius 2 is 2.11 bits per heavy atom. The van der Waals surface area contributed by atoms with E-state index in [0.29, 0.717) is 13.0 Å². The van der Waals surface area contributed by atoms with Gasteiger partial charge in [0.2, 0.25) is 0 Å². The lowest BCUT2D eigenvalue weighted by molar-refractivity contribution is -0.410. The van der Waals surface area contributed by atoms with Crippen LogP contribution in [0.25, 0.3) is 0 Å². The molecule has 1 aliphatic heterocycles. The summed E-state index contributed by atoms with van der Waals surface area (Å²) in [5.74, 6) is -1.46. The predicted molar refractivity (Wildman–Crippen MR) is 34.1 cm³/mol. The smallest absolute Gasteiger partial charge is 0.352 e. The quantitative estimate of drug-likeness (QED) is 0.351. The summed E-state index contributed by atoms with van der Waals surface area (Å²) in [7, 11) is 0. The van der Waals surface area contributed by atoms with E-state index in [4.69, 9.17) is 10.2 Å². The summed E-state index contributed by atoms with van der Waals surface area (Å²) < 4.78 is 3.78. The van der Waals surface area contributed by atoms with Crippen LogP contribution in [0.2, 0.25) is 0 Å². The Balaban J connectivity index is 2.36. The van der Waals surface area contributed by atoms with Gasteiger partial charge < -0.3 is 9.84 Å². The molecule has 0 saturated carbocycles. The fourth-order valence-electron chi connectivity index (χ4n) is 1.00. The first-order chi connectivity index (χ1) is 4.21. The summed E-state index contributed by atoms with van der Waals surface area (Å²) in [6.45, 7) is 0.653. The molecule has 1 heterocycles. The predicted octanol–water partition coefficient (Wildman–Crippen LogP) is -0.541. The molecule has 54 valence electrons. The highest BCUT2D eigenvalue weighted by atomic mass is 16.8. The second-order valence-electron chi connectivity index (χ2n) is 2.51. The minimum absolute atomic E-state index is 0.507. The van der Waals surface area contributed by atoms with E-state index in [1.54, 1.807) is 0 Å². The number of hydrogen-bond acceptors (Lipinski definition) is 1. The monoisotopic (exact) mass is 134 g/mol. The van der Waals surface area contributed by atoms with Crippen LogP contribution in [0.15, 0.2) is 0 Å². The first-order valence-corrected chi connectivity index (χ1v) is 3.37. The third-order valence-electron chi connectivity index (χ3n) is 1.56. The van der Waals surface area contributed by atoms with Gasteiger partial charge in [0.05, 0.1) is 0 Å². The molecule has 0 aliphatic carbocycles. The first kappa shape index (κ1) is 6.99. The molecule has 1 fully saturated rings. The zero-order chi connectivity index (χ0) is 6.74. The Morgan fingerprint density at radius 3 is 2.89 bits per heavy atom. The molecule has 1 unspecified atom stereocenters. The summed E-state index contributed by atoms with van der Waals surface area (Å²) in [5, 5.41) is 16.2. The third-order valence-corrected chi connectivity index (χ3v) is 1.56. The molecule has 1 aliphatic rings. The van der Waals surface area contributed by atoms with Crippen molar-refractivity contribution >= 4 is 0 Å². The van der Waals surface area contributed by atoms with E-state index in [9.17, 15) is 0 Å². The molecule has 0 aromatic heterocycles. The Bertz CT molecular complexity index is 80.3. The lowest BCUT2D eigenvalue weighted by Gasteiger charge is -2.08. The second-order valence-corrected chi connectivity index (χ2v) is 2.51. The van der Waals surface area contributed by atoms with Gasteiger partial charge in [-0.3, -0.25) is 5.11 Å². The van der Waals surface area contributed by atoms with Crippen LogP contribution in [0.1, 0.15) is 25.7 Å². The fraction of sp³-hybridized carbons (Fsp3) is 1.00. The molecule has 0 radical (unpaired) electrons. The molecular formula is C6H14O3+2. The van der Waals surface area contributed by atoms with Crippen molar-refractivity contribution in [3.8, 4) is 0 Å². The Labute approximate surface area is 54.3 Å². The Hall–Kier alpha value is -0.120. The maximum absolute atomic E-state index is 9.05. The molecule has 3 heteroatoms. The van der Waals surface area contributed by atoms with Crippen molar-refractivity contribution in [2.24, 2.45) is 0 Å². The Kier molecular flexibility index (Phi) is 2.05. The van der Waals surface area contributed by atoms with Crippen molar-refractivity contribution in [3.63, 3.8) is 0 Å². The largest absolute Gasteiger partial charge is 0.494 e. The molecule has 0 spiro atoms. The van der Waals surface area contributed by atoms with Crippen LogP contribution >= 0.6 is 0 Å². The van der Waals surface area contributed by atoms with Gasteiger partial charge in [0.1, 0.15) is 6.42 Å². The molecule has 0 aromatic carbocycles. The van der Waals surface area contributed by atoms with Crippen LogP contribution in [0.5, 0.6) is 0 Å². The lowest BCUT2D eigenvalue weighted by atomic mass is 10.2. The van der Waals surface area contributed by atoms with E-state index in [1.807, 2.05) is 0 Å². The molecule has 0 aromatic rings. The summed E-state index contributed by atoms with van der Waals surface area (Å²) in [4.78, 5) is 0. The van der Waals surface area contributed by atoms with Gasteiger partial charge in [0.15, 0.2) is 6.61 Å². The molecule has 1 atom stereocenters. The zero-order valence-electron chi connectivity index (χ0n) is 5.43. The van der Waals surface area contributed by atoms with Gasteiger partial charge in [-0.25, -0.2) is 0 Å². The maximum Gasteiger partial charge on any atom is 0.494 e. The van der Waals surface area contributed by atoms with Gasteiger partial charge in [0.25, 0.3) is 0 Å². The Morgan fingerprint density at radius 1 is 1.33 bits per heavy atom. The second kappa shape index (κ2) is 2.64. The molecule has 0 bridgehead atoms. The standard InChI is InChI=1S/C6H12O3/c7-6(8)4-2-1-3-5-9-6/h7-8H,1-5H2/p+2. The van der Waals surface area contributed by atoms with Gasteiger partial charge in [0, 0.05) is 6.42 Å². The molecule has 1 rings (SSSR count). The fourth-order valence-corrected chi connectivity index (χ4v) is 1.00. The normalized spacial score (nSPS) is 38.0. The lowest BCUT2D eigenvalue weighted by Crippen LogP contribution is -2.34. The van der Waals surface area contributed by atoms with Gasteiger partial charge in [-0.05, 0) is 12.8 Å².